The van der Waals surface area contributed by atoms with Crippen molar-refractivity contribution in [3.05, 3.63) is 23.9 Å². The van der Waals surface area contributed by atoms with E-state index in [0.29, 0.717) is 5.71 Å². The van der Waals surface area contributed by atoms with Crippen molar-refractivity contribution in [2.75, 3.05) is 0 Å². The molecule has 1 aliphatic heterocycles. The molecule has 0 amide bonds. The van der Waals surface area contributed by atoms with Gasteiger partial charge >= 0.3 is 0 Å². The minimum Gasteiger partial charge on any atom is -0.293 e. The van der Waals surface area contributed by atoms with Crippen LogP contribution in [-0.2, 0) is 4.79 Å². The molecule has 1 heterocycles. The normalized spacial score (nSPS) is 20.3. The van der Waals surface area contributed by atoms with E-state index in [9.17, 15) is 4.79 Å². The molecule has 0 aromatic rings. The molecule has 0 atom stereocenters. The van der Waals surface area contributed by atoms with Crippen LogP contribution < -0.4 is 0 Å². The molecule has 0 fully saturated rings. The van der Waals surface area contributed by atoms with Crippen LogP contribution in [0.3, 0.4) is 0 Å². The zero-order valence-corrected chi connectivity index (χ0v) is 8.59. The lowest BCUT2D eigenvalue weighted by Gasteiger charge is -2.13. The van der Waals surface area contributed by atoms with Gasteiger partial charge in [-0.25, -0.2) is 0 Å². The zero-order chi connectivity index (χ0) is 10.1. The number of nitrogens with zero attached hydrogens (tertiary/aromatic N) is 1. The van der Waals surface area contributed by atoms with Crippen LogP contribution in [0.2, 0.25) is 0 Å². The summed E-state index contributed by atoms with van der Waals surface area (Å²) < 4.78 is 0. The maximum atomic E-state index is 11.2. The van der Waals surface area contributed by atoms with Crippen molar-refractivity contribution in [3.8, 4) is 0 Å². The fraction of sp³-hybridized carbons (Fsp3) is 0.455. The highest BCUT2D eigenvalue weighted by molar-refractivity contribution is 6.45. The molecule has 2 heteroatoms. The largest absolute Gasteiger partial charge is 0.293 e. The van der Waals surface area contributed by atoms with Crippen LogP contribution in [0.5, 0.6) is 0 Å². The fourth-order valence-electron chi connectivity index (χ4n) is 1.45. The second-order valence-electron chi connectivity index (χ2n) is 4.00. The van der Waals surface area contributed by atoms with Gasteiger partial charge in [0.15, 0.2) is 5.78 Å². The molecular weight excluding hydrogens is 162 g/mol. The summed E-state index contributed by atoms with van der Waals surface area (Å²) in [6.07, 6.45) is 5.77. The minimum atomic E-state index is -0.00914. The van der Waals surface area contributed by atoms with Gasteiger partial charge in [0, 0.05) is 18.5 Å². The van der Waals surface area contributed by atoms with Crippen molar-refractivity contribution >= 4 is 11.5 Å². The lowest BCUT2D eigenvalue weighted by Crippen LogP contribution is -2.12. The van der Waals surface area contributed by atoms with E-state index in [0.717, 1.165) is 5.57 Å². The number of hydrogen-bond donors (Lipinski definition) is 0. The Balaban J connectivity index is 3.12. The summed E-state index contributed by atoms with van der Waals surface area (Å²) in [4.78, 5) is 15.3. The van der Waals surface area contributed by atoms with Crippen LogP contribution in [0.4, 0.5) is 0 Å². The third-order valence-corrected chi connectivity index (χ3v) is 2.00. The lowest BCUT2D eigenvalue weighted by atomic mass is 9.90. The Morgan fingerprint density at radius 1 is 1.46 bits per heavy atom. The quantitative estimate of drug-likeness (QED) is 0.605. The number of hydrogen-bond acceptors (Lipinski definition) is 2. The minimum absolute atomic E-state index is 0.00914. The molecular formula is C11H15NO. The molecule has 0 aliphatic carbocycles. The summed E-state index contributed by atoms with van der Waals surface area (Å²) in [5, 5.41) is 0. The van der Waals surface area contributed by atoms with Crippen LogP contribution in [0.15, 0.2) is 28.9 Å². The van der Waals surface area contributed by atoms with Gasteiger partial charge in [0.1, 0.15) is 5.71 Å². The van der Waals surface area contributed by atoms with Crippen molar-refractivity contribution in [1.82, 2.24) is 0 Å². The third-order valence-electron chi connectivity index (χ3n) is 2.00. The van der Waals surface area contributed by atoms with E-state index in [4.69, 9.17) is 0 Å². The number of Topliss-reactive ketones (excluding diaryl/α,β-unsaturated/α-hetero) is 1. The smallest absolute Gasteiger partial charge is 0.178 e. The van der Waals surface area contributed by atoms with E-state index in [-0.39, 0.29) is 11.2 Å². The van der Waals surface area contributed by atoms with E-state index in [2.05, 4.69) is 24.9 Å². The van der Waals surface area contributed by atoms with E-state index in [1.54, 1.807) is 13.1 Å². The monoisotopic (exact) mass is 177 g/mol. The Morgan fingerprint density at radius 3 is 2.62 bits per heavy atom. The molecule has 0 bridgehead atoms. The predicted octanol–water partition coefficient (Wildman–Crippen LogP) is 2.52. The molecule has 0 unspecified atom stereocenters. The molecule has 0 saturated carbocycles. The Kier molecular flexibility index (Phi) is 2.50. The zero-order valence-electron chi connectivity index (χ0n) is 8.59. The summed E-state index contributed by atoms with van der Waals surface area (Å²) in [7, 11) is 0. The van der Waals surface area contributed by atoms with Crippen LogP contribution in [-0.4, -0.2) is 11.5 Å². The maximum absolute atomic E-state index is 11.2. The van der Waals surface area contributed by atoms with Gasteiger partial charge in [-0.3, -0.25) is 9.79 Å². The summed E-state index contributed by atoms with van der Waals surface area (Å²) in [6.45, 7) is 7.65. The highest BCUT2D eigenvalue weighted by atomic mass is 16.1. The molecule has 70 valence electrons. The van der Waals surface area contributed by atoms with Gasteiger partial charge in [0.25, 0.3) is 0 Å². The number of rotatable bonds is 1. The van der Waals surface area contributed by atoms with Crippen LogP contribution in [0.1, 0.15) is 27.7 Å². The van der Waals surface area contributed by atoms with E-state index in [1.807, 2.05) is 13.0 Å². The molecule has 1 aliphatic rings. The first-order valence-corrected chi connectivity index (χ1v) is 4.39. The van der Waals surface area contributed by atoms with Gasteiger partial charge in [0.2, 0.25) is 0 Å². The molecule has 0 radical (unpaired) electrons. The first-order chi connectivity index (χ1) is 5.92. The first kappa shape index (κ1) is 9.90. The van der Waals surface area contributed by atoms with Gasteiger partial charge in [-0.05, 0) is 12.5 Å². The predicted molar refractivity (Wildman–Crippen MR) is 54.8 cm³/mol. The maximum Gasteiger partial charge on any atom is 0.178 e. The van der Waals surface area contributed by atoms with Crippen molar-refractivity contribution in [1.29, 1.82) is 0 Å². The molecule has 0 aromatic heterocycles. The Hall–Kier alpha value is -1.18. The molecule has 0 aromatic carbocycles. The van der Waals surface area contributed by atoms with Crippen LogP contribution in [0.25, 0.3) is 0 Å². The van der Waals surface area contributed by atoms with Gasteiger partial charge in [-0.2, -0.15) is 0 Å². The average Bonchev–Trinajstić information content (AvgIpc) is 2.06. The fourth-order valence-corrected chi connectivity index (χ4v) is 1.45. The molecule has 0 N–H and O–H groups in total. The second-order valence-corrected chi connectivity index (χ2v) is 4.00. The Morgan fingerprint density at radius 2 is 2.08 bits per heavy atom. The summed E-state index contributed by atoms with van der Waals surface area (Å²) in [6, 6.07) is 0. The van der Waals surface area contributed by atoms with Crippen LogP contribution >= 0.6 is 0 Å². The standard InChI is InChI=1S/C11H15NO/c1-8-7-11(3,4)5-6-12-10(8)9(2)13/h5-7H,1-4H3. The highest BCUT2D eigenvalue weighted by Gasteiger charge is 2.16. The highest BCUT2D eigenvalue weighted by Crippen LogP contribution is 2.23. The summed E-state index contributed by atoms with van der Waals surface area (Å²) in [5.74, 6) is 0.0242. The third kappa shape index (κ3) is 2.38. The Labute approximate surface area is 79.1 Å². The Bertz CT molecular complexity index is 319. The lowest BCUT2D eigenvalue weighted by molar-refractivity contribution is -0.111. The van der Waals surface area contributed by atoms with Crippen LogP contribution in [0, 0.1) is 5.41 Å². The first-order valence-electron chi connectivity index (χ1n) is 4.39. The molecule has 0 spiro atoms. The molecule has 13 heavy (non-hydrogen) atoms. The number of allylic oxidation sites excluding steroid dienone is 3. The van der Waals surface area contributed by atoms with Crippen molar-refractivity contribution < 1.29 is 4.79 Å². The number of carbonyl (C=O) groups is 1. The number of aliphatic imine (C=N–C) groups is 1. The molecule has 0 saturated heterocycles. The topological polar surface area (TPSA) is 29.4 Å². The summed E-state index contributed by atoms with van der Waals surface area (Å²) in [5.41, 5.74) is 1.52. The SMILES string of the molecule is CC(=O)C1=NC=CC(C)(C)C=C1C. The van der Waals surface area contributed by atoms with E-state index in [1.165, 1.54) is 0 Å². The van der Waals surface area contributed by atoms with Gasteiger partial charge in [-0.15, -0.1) is 0 Å². The van der Waals surface area contributed by atoms with Gasteiger partial charge < -0.3 is 0 Å². The number of ketones is 1. The average molecular weight is 177 g/mol. The second kappa shape index (κ2) is 3.29. The molecule has 2 nitrogen and oxygen atoms in total. The van der Waals surface area contributed by atoms with Crippen molar-refractivity contribution in [2.45, 2.75) is 27.7 Å². The van der Waals surface area contributed by atoms with Gasteiger partial charge in [0.05, 0.1) is 0 Å². The number of carbonyl (C=O) groups excluding carboxylic acids is 1. The molecule has 1 rings (SSSR count). The van der Waals surface area contributed by atoms with Gasteiger partial charge in [-0.1, -0.05) is 26.0 Å². The van der Waals surface area contributed by atoms with Crippen molar-refractivity contribution in [3.63, 3.8) is 0 Å². The summed E-state index contributed by atoms with van der Waals surface area (Å²) >= 11 is 0. The van der Waals surface area contributed by atoms with E-state index < -0.39 is 0 Å². The van der Waals surface area contributed by atoms with Crippen molar-refractivity contribution in [2.24, 2.45) is 10.4 Å². The van der Waals surface area contributed by atoms with E-state index >= 15 is 0 Å².